The topological polar surface area (TPSA) is 67.1 Å². The Kier molecular flexibility index (Phi) is 5.12. The largest absolute Gasteiger partial charge is 0.497 e. The molecule has 0 bridgehead atoms. The molecule has 1 N–H and O–H groups in total. The number of aromatic nitrogens is 2. The van der Waals surface area contributed by atoms with Gasteiger partial charge in [0.25, 0.3) is 5.91 Å². The number of aliphatic hydroxyl groups excluding tert-OH is 1. The molecule has 0 radical (unpaired) electrons. The van der Waals surface area contributed by atoms with Crippen LogP contribution in [-0.2, 0) is 0 Å². The second-order valence-electron chi connectivity index (χ2n) is 7.47. The molecule has 7 heteroatoms. The molecular formula is C21H25N3O3S. The smallest absolute Gasteiger partial charge is 0.271 e. The van der Waals surface area contributed by atoms with E-state index in [0.29, 0.717) is 12.2 Å². The van der Waals surface area contributed by atoms with Gasteiger partial charge < -0.3 is 14.7 Å². The predicted octanol–water partition coefficient (Wildman–Crippen LogP) is 3.70. The number of methoxy groups -OCH3 is 1. The monoisotopic (exact) mass is 399 g/mol. The molecule has 1 atom stereocenters. The van der Waals surface area contributed by atoms with Crippen LogP contribution in [0.2, 0.25) is 0 Å². The SMILES string of the molecule is CCC1(CO)CCCN(C(=O)c2csc3nc(-c4cccc(OC)c4)cn23)C1. The van der Waals surface area contributed by atoms with Gasteiger partial charge in [-0.25, -0.2) is 4.98 Å². The van der Waals surface area contributed by atoms with Crippen LogP contribution in [0.25, 0.3) is 16.2 Å². The molecule has 0 spiro atoms. The van der Waals surface area contributed by atoms with Crippen LogP contribution in [0.15, 0.2) is 35.8 Å². The Bertz CT molecular complexity index is 990. The Balaban J connectivity index is 1.64. The average molecular weight is 400 g/mol. The number of imidazole rings is 1. The van der Waals surface area contributed by atoms with Crippen LogP contribution in [0.3, 0.4) is 0 Å². The van der Waals surface area contributed by atoms with Crippen LogP contribution >= 0.6 is 11.3 Å². The summed E-state index contributed by atoms with van der Waals surface area (Å²) >= 11 is 1.47. The highest BCUT2D eigenvalue weighted by molar-refractivity contribution is 7.15. The van der Waals surface area contributed by atoms with E-state index in [1.165, 1.54) is 11.3 Å². The van der Waals surface area contributed by atoms with E-state index < -0.39 is 0 Å². The molecule has 1 aromatic carbocycles. The standard InChI is InChI=1S/C21H25N3O3S/c1-3-21(14-25)8-5-9-23(13-21)19(26)18-12-28-20-22-17(11-24(18)20)15-6-4-7-16(10-15)27-2/h4,6-7,10-12,25H,3,5,8-9,13-14H2,1-2H3. The molecule has 148 valence electrons. The molecule has 1 unspecified atom stereocenters. The molecule has 1 aliphatic rings. The van der Waals surface area contributed by atoms with Crippen molar-refractivity contribution in [1.29, 1.82) is 0 Å². The Morgan fingerprint density at radius 3 is 3.04 bits per heavy atom. The van der Waals surface area contributed by atoms with Gasteiger partial charge in [0.15, 0.2) is 4.96 Å². The number of aliphatic hydroxyl groups is 1. The molecule has 0 aliphatic carbocycles. The third kappa shape index (κ3) is 3.29. The highest BCUT2D eigenvalue weighted by Gasteiger charge is 2.36. The number of hydrogen-bond acceptors (Lipinski definition) is 5. The Morgan fingerprint density at radius 1 is 1.43 bits per heavy atom. The zero-order chi connectivity index (χ0) is 19.7. The van der Waals surface area contributed by atoms with Crippen LogP contribution in [-0.4, -0.2) is 52.1 Å². The fourth-order valence-corrected chi connectivity index (χ4v) is 4.78. The lowest BCUT2D eigenvalue weighted by atomic mass is 9.78. The summed E-state index contributed by atoms with van der Waals surface area (Å²) in [6, 6.07) is 7.75. The van der Waals surface area contributed by atoms with Crippen LogP contribution in [0.1, 0.15) is 36.7 Å². The van der Waals surface area contributed by atoms with Crippen molar-refractivity contribution in [1.82, 2.24) is 14.3 Å². The first-order chi connectivity index (χ1) is 13.6. The van der Waals surface area contributed by atoms with Gasteiger partial charge in [0.1, 0.15) is 11.4 Å². The maximum Gasteiger partial charge on any atom is 0.271 e. The number of thiazole rings is 1. The van der Waals surface area contributed by atoms with Gasteiger partial charge in [0.2, 0.25) is 0 Å². The number of fused-ring (bicyclic) bond motifs is 1. The zero-order valence-corrected chi connectivity index (χ0v) is 17.0. The molecular weight excluding hydrogens is 374 g/mol. The number of carbonyl (C=O) groups is 1. The Morgan fingerprint density at radius 2 is 2.29 bits per heavy atom. The molecule has 3 heterocycles. The molecule has 0 saturated carbocycles. The van der Waals surface area contributed by atoms with Gasteiger partial charge in [-0.15, -0.1) is 11.3 Å². The van der Waals surface area contributed by atoms with Crippen LogP contribution in [0.5, 0.6) is 5.75 Å². The van der Waals surface area contributed by atoms with Crippen LogP contribution in [0.4, 0.5) is 0 Å². The number of likely N-dealkylation sites (tertiary alicyclic amines) is 1. The van der Waals surface area contributed by atoms with Gasteiger partial charge in [0, 0.05) is 35.6 Å². The first-order valence-electron chi connectivity index (χ1n) is 9.60. The number of piperidine rings is 1. The van der Waals surface area contributed by atoms with Gasteiger partial charge in [-0.2, -0.15) is 0 Å². The van der Waals surface area contributed by atoms with Gasteiger partial charge in [-0.05, 0) is 31.4 Å². The quantitative estimate of drug-likeness (QED) is 0.710. The van der Waals surface area contributed by atoms with E-state index in [0.717, 1.165) is 47.8 Å². The normalized spacial score (nSPS) is 19.9. The van der Waals surface area contributed by atoms with Gasteiger partial charge >= 0.3 is 0 Å². The molecule has 1 amide bonds. The van der Waals surface area contributed by atoms with Crippen molar-refractivity contribution in [2.24, 2.45) is 5.41 Å². The minimum atomic E-state index is -0.177. The maximum absolute atomic E-state index is 13.2. The summed E-state index contributed by atoms with van der Waals surface area (Å²) in [7, 11) is 1.64. The number of rotatable bonds is 5. The first kappa shape index (κ1) is 19.0. The summed E-state index contributed by atoms with van der Waals surface area (Å²) in [5.74, 6) is 0.783. The van der Waals surface area contributed by atoms with Crippen molar-refractivity contribution in [3.05, 3.63) is 41.5 Å². The highest BCUT2D eigenvalue weighted by atomic mass is 32.1. The lowest BCUT2D eigenvalue weighted by Gasteiger charge is -2.41. The van der Waals surface area contributed by atoms with Crippen LogP contribution < -0.4 is 4.74 Å². The second-order valence-corrected chi connectivity index (χ2v) is 8.31. The van der Waals surface area contributed by atoms with Gasteiger partial charge in [-0.3, -0.25) is 9.20 Å². The minimum absolute atomic E-state index is 0.00631. The summed E-state index contributed by atoms with van der Waals surface area (Å²) in [6.07, 6.45) is 4.68. The lowest BCUT2D eigenvalue weighted by Crippen LogP contribution is -2.47. The summed E-state index contributed by atoms with van der Waals surface area (Å²) in [6.45, 7) is 3.55. The van der Waals surface area contributed by atoms with E-state index in [9.17, 15) is 9.90 Å². The molecule has 3 aromatic rings. The fourth-order valence-electron chi connectivity index (χ4n) is 3.93. The molecule has 28 heavy (non-hydrogen) atoms. The number of amides is 1. The fraction of sp³-hybridized carbons (Fsp3) is 0.429. The summed E-state index contributed by atoms with van der Waals surface area (Å²) in [4.78, 5) is 20.6. The van der Waals surface area contributed by atoms with E-state index in [4.69, 9.17) is 4.74 Å². The predicted molar refractivity (Wildman–Crippen MR) is 110 cm³/mol. The summed E-state index contributed by atoms with van der Waals surface area (Å²) in [5.41, 5.74) is 2.23. The van der Waals surface area contributed by atoms with Crippen molar-refractivity contribution >= 4 is 22.2 Å². The van der Waals surface area contributed by atoms with Crippen molar-refractivity contribution in [3.8, 4) is 17.0 Å². The molecule has 1 aliphatic heterocycles. The van der Waals surface area contributed by atoms with Crippen molar-refractivity contribution in [3.63, 3.8) is 0 Å². The first-order valence-corrected chi connectivity index (χ1v) is 10.5. The number of nitrogens with zero attached hydrogens (tertiary/aromatic N) is 3. The third-order valence-electron chi connectivity index (χ3n) is 5.83. The highest BCUT2D eigenvalue weighted by Crippen LogP contribution is 2.34. The number of benzene rings is 1. The minimum Gasteiger partial charge on any atom is -0.497 e. The molecule has 2 aromatic heterocycles. The molecule has 6 nitrogen and oxygen atoms in total. The Labute approximate surface area is 168 Å². The van der Waals surface area contributed by atoms with Crippen molar-refractivity contribution in [2.75, 3.05) is 26.8 Å². The summed E-state index contributed by atoms with van der Waals surface area (Å²) in [5, 5.41) is 11.7. The van der Waals surface area contributed by atoms with Crippen molar-refractivity contribution < 1.29 is 14.6 Å². The maximum atomic E-state index is 13.2. The molecule has 1 saturated heterocycles. The second kappa shape index (κ2) is 7.56. The van der Waals surface area contributed by atoms with E-state index >= 15 is 0 Å². The zero-order valence-electron chi connectivity index (χ0n) is 16.2. The van der Waals surface area contributed by atoms with E-state index in [2.05, 4.69) is 11.9 Å². The number of ether oxygens (including phenoxy) is 1. The van der Waals surface area contributed by atoms with E-state index in [1.807, 2.05) is 45.1 Å². The number of carbonyl (C=O) groups excluding carboxylic acids is 1. The Hall–Kier alpha value is -2.38. The van der Waals surface area contributed by atoms with Gasteiger partial charge in [-0.1, -0.05) is 19.1 Å². The molecule has 4 rings (SSSR count). The van der Waals surface area contributed by atoms with E-state index in [-0.39, 0.29) is 17.9 Å². The van der Waals surface area contributed by atoms with Crippen molar-refractivity contribution in [2.45, 2.75) is 26.2 Å². The number of hydrogen-bond donors (Lipinski definition) is 1. The lowest BCUT2D eigenvalue weighted by molar-refractivity contribution is 0.0248. The third-order valence-corrected chi connectivity index (χ3v) is 6.67. The molecule has 1 fully saturated rings. The van der Waals surface area contributed by atoms with E-state index in [1.54, 1.807) is 7.11 Å². The average Bonchev–Trinajstić information content (AvgIpc) is 3.34. The summed E-state index contributed by atoms with van der Waals surface area (Å²) < 4.78 is 7.18. The van der Waals surface area contributed by atoms with Crippen LogP contribution in [0, 0.1) is 5.41 Å². The van der Waals surface area contributed by atoms with Gasteiger partial charge in [0.05, 0.1) is 19.4 Å².